The third-order valence-corrected chi connectivity index (χ3v) is 14.5. The van der Waals surface area contributed by atoms with Gasteiger partial charge in [-0.15, -0.1) is 0 Å². The molecule has 7 rings (SSSR count). The van der Waals surface area contributed by atoms with Crippen LogP contribution in [0.5, 0.6) is 0 Å². The number of nitrogens with one attached hydrogen (secondary N) is 1. The number of benzene rings is 2. The summed E-state index contributed by atoms with van der Waals surface area (Å²) in [5.41, 5.74) is -6.33. The Morgan fingerprint density at radius 2 is 1.65 bits per heavy atom. The smallest absolute Gasteiger partial charge is 0.435 e. The highest BCUT2D eigenvalue weighted by molar-refractivity contribution is 7.92. The molecule has 71 heavy (non-hydrogen) atoms. The van der Waals surface area contributed by atoms with Gasteiger partial charge < -0.3 is 10.4 Å². The first kappa shape index (κ1) is 52.3. The molecule has 2 aromatic carbocycles. The minimum Gasteiger partial charge on any atom is -0.478 e. The van der Waals surface area contributed by atoms with Crippen molar-refractivity contribution in [2.24, 2.45) is 5.92 Å². The molecule has 0 bridgehead atoms. The van der Waals surface area contributed by atoms with Crippen molar-refractivity contribution < 1.29 is 80.2 Å². The Morgan fingerprint density at radius 1 is 1.00 bits per heavy atom. The van der Waals surface area contributed by atoms with Crippen LogP contribution in [-0.2, 0) is 73.3 Å². The Balaban J connectivity index is 1.46. The van der Waals surface area contributed by atoms with Crippen molar-refractivity contribution in [1.82, 2.24) is 34.2 Å². The van der Waals surface area contributed by atoms with E-state index in [4.69, 9.17) is 16.7 Å². The van der Waals surface area contributed by atoms with Crippen LogP contribution >= 0.6 is 11.6 Å². The third kappa shape index (κ3) is 10.9. The second-order valence-corrected chi connectivity index (χ2v) is 20.9. The van der Waals surface area contributed by atoms with Gasteiger partial charge >= 0.3 is 18.3 Å². The normalized spacial score (nSPS) is 16.9. The molecule has 0 aliphatic heterocycles. The number of pyridine rings is 1. The van der Waals surface area contributed by atoms with Gasteiger partial charge in [-0.3, -0.25) is 19.0 Å². The average Bonchev–Trinajstić information content (AvgIpc) is 3.75. The van der Waals surface area contributed by atoms with Gasteiger partial charge in [0.2, 0.25) is 16.8 Å². The molecule has 2 aliphatic rings. The van der Waals surface area contributed by atoms with Gasteiger partial charge in [0, 0.05) is 52.5 Å². The predicted molar refractivity (Wildman–Crippen MR) is 230 cm³/mol. The first-order valence-corrected chi connectivity index (χ1v) is 23.8. The molecule has 0 radical (unpaired) electrons. The summed E-state index contributed by atoms with van der Waals surface area (Å²) in [6, 6.07) is 4.81. The maximum absolute atomic E-state index is 15.5. The summed E-state index contributed by atoms with van der Waals surface area (Å²) in [5, 5.41) is 17.9. The fraction of sp³-hybridized carbons (Fsp3) is 0.349. The second-order valence-electron chi connectivity index (χ2n) is 16.9. The van der Waals surface area contributed by atoms with Crippen LogP contribution in [0.2, 0.25) is 5.02 Å². The summed E-state index contributed by atoms with van der Waals surface area (Å²) in [6.07, 6.45) is -9.80. The summed E-state index contributed by atoms with van der Waals surface area (Å²) in [6.45, 7) is -1.90. The number of hydrogen-bond donors (Lipinski definition) is 3. The van der Waals surface area contributed by atoms with Gasteiger partial charge in [-0.2, -0.15) is 45.3 Å². The lowest BCUT2D eigenvalue weighted by Crippen LogP contribution is -2.35. The van der Waals surface area contributed by atoms with Crippen molar-refractivity contribution in [3.8, 4) is 23.0 Å². The standard InChI is InChI=1S/C43H34ClF10N7O8S2/c1-40(2,71(3,68)69)11-10-23-4-5-24(25-6-7-28(44)35-30(57-60(37(25)35)19-41(47,48)49)17-61(70(66)67)32(63)8-9-33(64)65)36(55-23)29(14-20-12-21(45)15-22(46)13-20)56-31(62)18-59-39-34(38(58-59)43(52,53)54)26-16-27(26)42(39,50)51/h4-9,12-13,15,26-27,29,70H,14,16-19H2,1-3H3,(H,56,62)(H,64,65)/b9-8+/t26-,27+,29?/m0/s1. The van der Waals surface area contributed by atoms with Gasteiger partial charge in [0.25, 0.3) is 11.8 Å². The number of carbonyl (C=O) groups excluding carboxylic acids is 2. The van der Waals surface area contributed by atoms with E-state index in [0.717, 1.165) is 42.7 Å². The largest absolute Gasteiger partial charge is 0.478 e. The van der Waals surface area contributed by atoms with E-state index in [1.165, 1.54) is 13.8 Å². The molecule has 28 heteroatoms. The topological polar surface area (TPSA) is 204 Å². The fourth-order valence-corrected chi connectivity index (χ4v) is 9.02. The van der Waals surface area contributed by atoms with E-state index >= 15 is 8.78 Å². The maximum atomic E-state index is 15.5. The zero-order chi connectivity index (χ0) is 52.5. The molecule has 15 nitrogen and oxygen atoms in total. The number of aliphatic carboxylic acids is 1. The third-order valence-electron chi connectivity index (χ3n) is 11.5. The van der Waals surface area contributed by atoms with Crippen molar-refractivity contribution in [3.63, 3.8) is 0 Å². The Kier molecular flexibility index (Phi) is 13.7. The van der Waals surface area contributed by atoms with Crippen LogP contribution in [-0.4, -0.2) is 85.8 Å². The number of alkyl halides is 8. The number of carboxylic acids is 1. The molecule has 0 spiro atoms. The molecule has 1 unspecified atom stereocenters. The van der Waals surface area contributed by atoms with Gasteiger partial charge in [-0.05, 0) is 74.4 Å². The fourth-order valence-electron chi connectivity index (χ4n) is 8.05. The lowest BCUT2D eigenvalue weighted by molar-refractivity contribution is -0.143. The summed E-state index contributed by atoms with van der Waals surface area (Å²) < 4.78 is 195. The van der Waals surface area contributed by atoms with Crippen LogP contribution < -0.4 is 5.32 Å². The highest BCUT2D eigenvalue weighted by Crippen LogP contribution is 2.68. The number of aromatic nitrogens is 5. The number of sulfone groups is 1. The Morgan fingerprint density at radius 3 is 2.24 bits per heavy atom. The molecule has 2 aliphatic carbocycles. The van der Waals surface area contributed by atoms with Crippen LogP contribution in [0.3, 0.4) is 0 Å². The molecular weight excluding hydrogens is 1030 g/mol. The molecule has 3 aromatic heterocycles. The lowest BCUT2D eigenvalue weighted by atomic mass is 9.93. The van der Waals surface area contributed by atoms with Gasteiger partial charge in [0.15, 0.2) is 15.5 Å². The number of rotatable bonds is 14. The summed E-state index contributed by atoms with van der Waals surface area (Å²) in [5.74, 6) is -8.23. The molecule has 5 aromatic rings. The molecule has 3 atom stereocenters. The zero-order valence-corrected chi connectivity index (χ0v) is 38.9. The van der Waals surface area contributed by atoms with Crippen molar-refractivity contribution in [3.05, 3.63) is 111 Å². The van der Waals surface area contributed by atoms with Crippen LogP contribution in [0.15, 0.2) is 54.6 Å². The summed E-state index contributed by atoms with van der Waals surface area (Å²) in [7, 11) is -7.84. The van der Waals surface area contributed by atoms with E-state index < -0.39 is 156 Å². The first-order valence-electron chi connectivity index (χ1n) is 20.4. The van der Waals surface area contributed by atoms with Crippen molar-refractivity contribution in [2.45, 2.75) is 81.3 Å². The van der Waals surface area contributed by atoms with Gasteiger partial charge in [-0.1, -0.05) is 23.6 Å². The Bertz CT molecular complexity index is 3310. The molecule has 2 amide bonds. The number of thiol groups is 1. The van der Waals surface area contributed by atoms with Crippen molar-refractivity contribution in [2.75, 3.05) is 6.26 Å². The van der Waals surface area contributed by atoms with E-state index in [2.05, 4.69) is 32.3 Å². The second kappa shape index (κ2) is 18.6. The van der Waals surface area contributed by atoms with Gasteiger partial charge in [0.1, 0.15) is 40.9 Å². The first-order chi connectivity index (χ1) is 32.8. The Hall–Kier alpha value is -6.53. The minimum atomic E-state index is -5.23. The number of amides is 2. The highest BCUT2D eigenvalue weighted by atomic mass is 35.5. The van der Waals surface area contributed by atoms with Crippen LogP contribution in [0.25, 0.3) is 22.0 Å². The predicted octanol–water partition coefficient (Wildman–Crippen LogP) is 6.79. The molecule has 1 saturated carbocycles. The van der Waals surface area contributed by atoms with E-state index in [1.807, 2.05) is 0 Å². The van der Waals surface area contributed by atoms with Crippen LogP contribution in [0.4, 0.5) is 43.9 Å². The number of fused-ring (bicyclic) bond motifs is 4. The maximum Gasteiger partial charge on any atom is 0.435 e. The molecular formula is C43H34ClF10N7O8S2. The Labute approximate surface area is 401 Å². The SMILES string of the molecule is CC(C)(C#Cc1ccc(-c2ccc(Cl)c3c(CN(C(=O)/C=C/C(=O)O)[SH](=O)=O)nn(CC(F)(F)F)c23)c(C(Cc2cc(F)cc(F)c2)NC(=O)Cn2nc(C(F)(F)F)c3c2C(F)(F)[C@@H]2C[C@H]32)n1)S(C)(=O)=O. The van der Waals surface area contributed by atoms with Crippen molar-refractivity contribution in [1.29, 1.82) is 0 Å². The molecule has 1 fully saturated rings. The highest BCUT2D eigenvalue weighted by Gasteiger charge is 2.68. The lowest BCUT2D eigenvalue weighted by Gasteiger charge is -2.23. The van der Waals surface area contributed by atoms with Gasteiger partial charge in [-0.25, -0.2) is 39.7 Å². The number of hydrogen-bond acceptors (Lipinski definition) is 10. The van der Waals surface area contributed by atoms with Crippen molar-refractivity contribution >= 4 is 61.0 Å². The minimum absolute atomic E-state index is 0.0468. The summed E-state index contributed by atoms with van der Waals surface area (Å²) >= 11 is 6.56. The number of halogens is 11. The van der Waals surface area contributed by atoms with E-state index in [9.17, 15) is 66.3 Å². The van der Waals surface area contributed by atoms with Crippen LogP contribution in [0.1, 0.15) is 71.8 Å². The zero-order valence-electron chi connectivity index (χ0n) is 36.5. The van der Waals surface area contributed by atoms with Gasteiger partial charge in [0.05, 0.1) is 34.5 Å². The molecule has 3 heterocycles. The monoisotopic (exact) mass is 1070 g/mol. The van der Waals surface area contributed by atoms with E-state index in [-0.39, 0.29) is 48.9 Å². The number of carboxylic acid groups (broad SMARTS) is 1. The average molecular weight is 1070 g/mol. The molecule has 378 valence electrons. The van der Waals surface area contributed by atoms with E-state index in [0.29, 0.717) is 16.8 Å². The summed E-state index contributed by atoms with van der Waals surface area (Å²) in [4.78, 5) is 42.5. The quantitative estimate of drug-likeness (QED) is 0.0458. The number of carbonyl (C=O) groups is 3. The van der Waals surface area contributed by atoms with E-state index in [1.54, 1.807) is 0 Å². The molecule has 2 N–H and O–H groups in total. The van der Waals surface area contributed by atoms with Crippen LogP contribution in [0, 0.1) is 29.4 Å². The molecule has 0 saturated heterocycles. The number of nitrogens with zero attached hydrogens (tertiary/aromatic N) is 6.